The fourth-order valence-corrected chi connectivity index (χ4v) is 1.69. The zero-order valence-electron chi connectivity index (χ0n) is 11.0. The third-order valence-corrected chi connectivity index (χ3v) is 2.71. The molecule has 0 saturated heterocycles. The quantitative estimate of drug-likeness (QED) is 0.790. The first kappa shape index (κ1) is 14.3. The number of aromatic carboxylic acids is 1. The molecule has 1 amide bonds. The smallest absolute Gasteiger partial charge is 0.337 e. The Morgan fingerprint density at radius 1 is 1.29 bits per heavy atom. The number of carboxylic acids is 1. The number of nitrogens with one attached hydrogen (secondary N) is 1. The number of nitrogens with zero attached hydrogens (tertiary/aromatic N) is 1. The van der Waals surface area contributed by atoms with Gasteiger partial charge in [-0.3, -0.25) is 9.78 Å². The molecule has 0 fully saturated rings. The highest BCUT2D eigenvalue weighted by molar-refractivity contribution is 6.06. The summed E-state index contributed by atoms with van der Waals surface area (Å²) < 4.78 is 4.92. The number of phenolic OH excluding ortho intramolecular Hbond substituents is 1. The number of aromatic nitrogens is 1. The van der Waals surface area contributed by atoms with Crippen LogP contribution >= 0.6 is 0 Å². The van der Waals surface area contributed by atoms with Crippen LogP contribution in [0.3, 0.4) is 0 Å². The molecule has 1 aromatic carbocycles. The van der Waals surface area contributed by atoms with Crippen molar-refractivity contribution < 1.29 is 24.5 Å². The van der Waals surface area contributed by atoms with Crippen molar-refractivity contribution in [2.24, 2.45) is 0 Å². The molecule has 0 radical (unpaired) electrons. The fraction of sp³-hybridized carbons (Fsp3) is 0.0714. The Balaban J connectivity index is 2.26. The average Bonchev–Trinajstić information content (AvgIpc) is 2.47. The minimum Gasteiger partial charge on any atom is -0.504 e. The Labute approximate surface area is 119 Å². The Kier molecular flexibility index (Phi) is 4.03. The summed E-state index contributed by atoms with van der Waals surface area (Å²) in [5.41, 5.74) is 0.167. The molecule has 7 nitrogen and oxygen atoms in total. The molecular weight excluding hydrogens is 276 g/mol. The van der Waals surface area contributed by atoms with Gasteiger partial charge in [-0.05, 0) is 18.2 Å². The largest absolute Gasteiger partial charge is 0.504 e. The van der Waals surface area contributed by atoms with E-state index in [9.17, 15) is 14.7 Å². The van der Waals surface area contributed by atoms with Crippen molar-refractivity contribution in [3.05, 3.63) is 47.8 Å². The lowest BCUT2D eigenvalue weighted by molar-refractivity contribution is 0.0696. The van der Waals surface area contributed by atoms with Crippen LogP contribution in [0.2, 0.25) is 0 Å². The molecule has 3 N–H and O–H groups in total. The van der Waals surface area contributed by atoms with E-state index in [0.717, 1.165) is 0 Å². The molecule has 2 rings (SSSR count). The lowest BCUT2D eigenvalue weighted by atomic mass is 10.1. The van der Waals surface area contributed by atoms with Gasteiger partial charge < -0.3 is 20.3 Å². The molecular formula is C14H12N2O5. The van der Waals surface area contributed by atoms with Crippen LogP contribution in [-0.2, 0) is 0 Å². The van der Waals surface area contributed by atoms with E-state index in [1.54, 1.807) is 6.07 Å². The molecule has 21 heavy (non-hydrogen) atoms. The Bertz CT molecular complexity index is 700. The van der Waals surface area contributed by atoms with Crippen LogP contribution in [-0.4, -0.2) is 34.2 Å². The summed E-state index contributed by atoms with van der Waals surface area (Å²) in [6.45, 7) is 0. The predicted octanol–water partition coefficient (Wildman–Crippen LogP) is 1.75. The lowest BCUT2D eigenvalue weighted by Crippen LogP contribution is -2.13. The Morgan fingerprint density at radius 2 is 2.05 bits per heavy atom. The molecule has 7 heteroatoms. The Hall–Kier alpha value is -3.09. The number of pyridine rings is 1. The van der Waals surface area contributed by atoms with Gasteiger partial charge in [0.2, 0.25) is 0 Å². The summed E-state index contributed by atoms with van der Waals surface area (Å²) >= 11 is 0. The molecule has 0 unspecified atom stereocenters. The highest BCUT2D eigenvalue weighted by atomic mass is 16.5. The van der Waals surface area contributed by atoms with E-state index in [-0.39, 0.29) is 28.3 Å². The van der Waals surface area contributed by atoms with Crippen molar-refractivity contribution >= 4 is 17.6 Å². The zero-order chi connectivity index (χ0) is 15.4. The number of benzene rings is 1. The molecule has 0 aliphatic heterocycles. The van der Waals surface area contributed by atoms with Gasteiger partial charge >= 0.3 is 5.97 Å². The number of hydrogen-bond acceptors (Lipinski definition) is 5. The highest BCUT2D eigenvalue weighted by Gasteiger charge is 2.15. The van der Waals surface area contributed by atoms with Crippen LogP contribution in [0.4, 0.5) is 5.69 Å². The van der Waals surface area contributed by atoms with Gasteiger partial charge in [-0.1, -0.05) is 6.07 Å². The molecule has 0 bridgehead atoms. The molecule has 2 aromatic rings. The van der Waals surface area contributed by atoms with Gasteiger partial charge in [0, 0.05) is 6.20 Å². The fourth-order valence-electron chi connectivity index (χ4n) is 1.69. The molecule has 0 atom stereocenters. The van der Waals surface area contributed by atoms with Gasteiger partial charge in [-0.25, -0.2) is 4.79 Å². The standard InChI is InChI=1S/C14H12N2O5/c1-21-11-4-2-3-10(12(11)17)13(18)16-9-5-8(14(19)20)6-15-7-9/h2-7,17H,1H3,(H,16,18)(H,19,20). The molecule has 108 valence electrons. The van der Waals surface area contributed by atoms with E-state index in [0.29, 0.717) is 0 Å². The number of methoxy groups -OCH3 is 1. The number of hydrogen-bond donors (Lipinski definition) is 3. The van der Waals surface area contributed by atoms with E-state index < -0.39 is 11.9 Å². The molecule has 1 aromatic heterocycles. The summed E-state index contributed by atoms with van der Waals surface area (Å²) in [5.74, 6) is -1.88. The highest BCUT2D eigenvalue weighted by Crippen LogP contribution is 2.29. The number of aromatic hydroxyl groups is 1. The van der Waals surface area contributed by atoms with Crippen molar-refractivity contribution in [1.82, 2.24) is 4.98 Å². The summed E-state index contributed by atoms with van der Waals surface area (Å²) in [6.07, 6.45) is 2.47. The number of carbonyl (C=O) groups is 2. The normalized spacial score (nSPS) is 9.95. The molecule has 1 heterocycles. The van der Waals surface area contributed by atoms with Gasteiger partial charge in [-0.2, -0.15) is 0 Å². The maximum atomic E-state index is 12.1. The van der Waals surface area contributed by atoms with E-state index in [2.05, 4.69) is 10.3 Å². The topological polar surface area (TPSA) is 109 Å². The van der Waals surface area contributed by atoms with Crippen LogP contribution in [0.25, 0.3) is 0 Å². The van der Waals surface area contributed by atoms with Crippen molar-refractivity contribution in [2.45, 2.75) is 0 Å². The number of phenols is 1. The summed E-state index contributed by atoms with van der Waals surface area (Å²) in [4.78, 5) is 26.6. The minimum atomic E-state index is -1.15. The van der Waals surface area contributed by atoms with Crippen LogP contribution in [0.15, 0.2) is 36.7 Å². The number of carboxylic acid groups (broad SMARTS) is 1. The number of rotatable bonds is 4. The van der Waals surface area contributed by atoms with Gasteiger partial charge in [0.1, 0.15) is 0 Å². The second kappa shape index (κ2) is 5.91. The van der Waals surface area contributed by atoms with Gasteiger partial charge in [0.15, 0.2) is 11.5 Å². The summed E-state index contributed by atoms with van der Waals surface area (Å²) in [5, 5.41) is 21.2. The second-order valence-corrected chi connectivity index (χ2v) is 4.08. The Morgan fingerprint density at radius 3 is 2.71 bits per heavy atom. The van der Waals surface area contributed by atoms with E-state index in [1.807, 2.05) is 0 Å². The number of para-hydroxylation sites is 1. The number of amides is 1. The third-order valence-electron chi connectivity index (χ3n) is 2.71. The van der Waals surface area contributed by atoms with Gasteiger partial charge in [0.25, 0.3) is 5.91 Å². The van der Waals surface area contributed by atoms with E-state index in [1.165, 1.54) is 37.7 Å². The van der Waals surface area contributed by atoms with Crippen LogP contribution in [0.1, 0.15) is 20.7 Å². The van der Waals surface area contributed by atoms with Crippen LogP contribution < -0.4 is 10.1 Å². The predicted molar refractivity (Wildman–Crippen MR) is 73.8 cm³/mol. The van der Waals surface area contributed by atoms with Crippen molar-refractivity contribution in [3.63, 3.8) is 0 Å². The molecule has 0 spiro atoms. The molecule has 0 aliphatic carbocycles. The maximum absolute atomic E-state index is 12.1. The molecule has 0 saturated carbocycles. The number of ether oxygens (including phenoxy) is 1. The summed E-state index contributed by atoms with van der Waals surface area (Å²) in [7, 11) is 1.37. The van der Waals surface area contributed by atoms with Gasteiger partial charge in [0.05, 0.1) is 30.1 Å². The van der Waals surface area contributed by atoms with Crippen LogP contribution in [0, 0.1) is 0 Å². The monoisotopic (exact) mass is 288 g/mol. The first-order valence-corrected chi connectivity index (χ1v) is 5.88. The first-order valence-electron chi connectivity index (χ1n) is 5.88. The van der Waals surface area contributed by atoms with Crippen LogP contribution in [0.5, 0.6) is 11.5 Å². The number of anilines is 1. The maximum Gasteiger partial charge on any atom is 0.337 e. The minimum absolute atomic E-state index is 0.00933. The molecule has 0 aliphatic rings. The first-order chi connectivity index (χ1) is 10.0. The third kappa shape index (κ3) is 3.08. The van der Waals surface area contributed by atoms with E-state index >= 15 is 0 Å². The van der Waals surface area contributed by atoms with Crippen molar-refractivity contribution in [3.8, 4) is 11.5 Å². The van der Waals surface area contributed by atoms with Crippen molar-refractivity contribution in [2.75, 3.05) is 12.4 Å². The number of carbonyl (C=O) groups excluding carboxylic acids is 1. The van der Waals surface area contributed by atoms with Gasteiger partial charge in [-0.15, -0.1) is 0 Å². The average molecular weight is 288 g/mol. The zero-order valence-corrected chi connectivity index (χ0v) is 11.0. The lowest BCUT2D eigenvalue weighted by Gasteiger charge is -2.09. The van der Waals surface area contributed by atoms with E-state index in [4.69, 9.17) is 9.84 Å². The SMILES string of the molecule is COc1cccc(C(=O)Nc2cncc(C(=O)O)c2)c1O. The second-order valence-electron chi connectivity index (χ2n) is 4.08. The summed E-state index contributed by atoms with van der Waals surface area (Å²) in [6, 6.07) is 5.75. The van der Waals surface area contributed by atoms with Crippen molar-refractivity contribution in [1.29, 1.82) is 0 Å².